The van der Waals surface area contributed by atoms with Crippen LogP contribution in [0.1, 0.15) is 40.6 Å². The second kappa shape index (κ2) is 6.59. The van der Waals surface area contributed by atoms with Gasteiger partial charge in [0.15, 0.2) is 18.1 Å². The SMILES string of the molecule is COc1cccc(OC)c1OCC(=O)c1cc(C)n(C2CC2)c1C. The van der Waals surface area contributed by atoms with E-state index in [0.717, 1.165) is 17.0 Å². The van der Waals surface area contributed by atoms with Gasteiger partial charge >= 0.3 is 0 Å². The molecular formula is C19H23NO4. The Kier molecular flexibility index (Phi) is 4.51. The lowest BCUT2D eigenvalue weighted by Gasteiger charge is -2.13. The van der Waals surface area contributed by atoms with E-state index < -0.39 is 0 Å². The van der Waals surface area contributed by atoms with Crippen LogP contribution in [0.5, 0.6) is 17.2 Å². The Bertz CT molecular complexity index is 737. The fourth-order valence-corrected chi connectivity index (χ4v) is 3.13. The Hall–Kier alpha value is -2.43. The average molecular weight is 329 g/mol. The zero-order valence-corrected chi connectivity index (χ0v) is 14.6. The average Bonchev–Trinajstić information content (AvgIpc) is 3.37. The highest BCUT2D eigenvalue weighted by molar-refractivity contribution is 5.98. The number of nitrogens with zero attached hydrogens (tertiary/aromatic N) is 1. The van der Waals surface area contributed by atoms with Crippen LogP contribution in [0.25, 0.3) is 0 Å². The Balaban J connectivity index is 1.78. The van der Waals surface area contributed by atoms with Gasteiger partial charge in [-0.1, -0.05) is 6.07 Å². The van der Waals surface area contributed by atoms with Gasteiger partial charge in [0.25, 0.3) is 0 Å². The summed E-state index contributed by atoms with van der Waals surface area (Å²) in [6.07, 6.45) is 2.39. The number of aryl methyl sites for hydroxylation is 1. The number of benzene rings is 1. The molecule has 1 fully saturated rings. The van der Waals surface area contributed by atoms with Crippen molar-refractivity contribution in [3.63, 3.8) is 0 Å². The zero-order chi connectivity index (χ0) is 17.3. The molecule has 5 heteroatoms. The van der Waals surface area contributed by atoms with Gasteiger partial charge in [0.2, 0.25) is 11.5 Å². The van der Waals surface area contributed by atoms with Crippen molar-refractivity contribution in [2.75, 3.05) is 20.8 Å². The predicted octanol–water partition coefficient (Wildman–Crippen LogP) is 3.72. The van der Waals surface area contributed by atoms with Crippen molar-refractivity contribution in [1.29, 1.82) is 0 Å². The van der Waals surface area contributed by atoms with Crippen LogP contribution >= 0.6 is 0 Å². The molecule has 24 heavy (non-hydrogen) atoms. The number of Topliss-reactive ketones (excluding diaryl/α,β-unsaturated/α-hetero) is 1. The summed E-state index contributed by atoms with van der Waals surface area (Å²) in [6.45, 7) is 4.00. The van der Waals surface area contributed by atoms with Crippen molar-refractivity contribution in [1.82, 2.24) is 4.57 Å². The Morgan fingerprint density at radius 1 is 1.17 bits per heavy atom. The van der Waals surface area contributed by atoms with Crippen LogP contribution < -0.4 is 14.2 Å². The topological polar surface area (TPSA) is 49.7 Å². The second-order valence-corrected chi connectivity index (χ2v) is 6.09. The van der Waals surface area contributed by atoms with Crippen LogP contribution in [-0.4, -0.2) is 31.2 Å². The van der Waals surface area contributed by atoms with Gasteiger partial charge in [-0.2, -0.15) is 0 Å². The molecule has 0 spiro atoms. The summed E-state index contributed by atoms with van der Waals surface area (Å²) in [6, 6.07) is 7.89. The first kappa shape index (κ1) is 16.4. The van der Waals surface area contributed by atoms with Crippen molar-refractivity contribution >= 4 is 5.78 Å². The molecule has 3 rings (SSSR count). The molecule has 0 bridgehead atoms. The van der Waals surface area contributed by atoms with Gasteiger partial charge in [-0.05, 0) is 44.9 Å². The standard InChI is InChI=1S/C19H23NO4/c1-12-10-15(13(2)20(12)14-8-9-14)16(21)11-24-19-17(22-3)6-5-7-18(19)23-4/h5-7,10,14H,8-9,11H2,1-4H3. The van der Waals surface area contributed by atoms with Gasteiger partial charge in [0.05, 0.1) is 14.2 Å². The van der Waals surface area contributed by atoms with Crippen LogP contribution in [-0.2, 0) is 0 Å². The minimum Gasteiger partial charge on any atom is -0.493 e. The molecule has 0 radical (unpaired) electrons. The van der Waals surface area contributed by atoms with Crippen molar-refractivity contribution in [3.8, 4) is 17.2 Å². The van der Waals surface area contributed by atoms with Gasteiger partial charge in [-0.15, -0.1) is 0 Å². The molecule has 2 aromatic rings. The largest absolute Gasteiger partial charge is 0.493 e. The summed E-state index contributed by atoms with van der Waals surface area (Å²) in [5.41, 5.74) is 2.89. The number of methoxy groups -OCH3 is 2. The molecular weight excluding hydrogens is 306 g/mol. The van der Waals surface area contributed by atoms with Crippen LogP contribution in [0.3, 0.4) is 0 Å². The number of hydrogen-bond donors (Lipinski definition) is 0. The van der Waals surface area contributed by atoms with E-state index in [1.807, 2.05) is 26.0 Å². The number of aromatic nitrogens is 1. The van der Waals surface area contributed by atoms with Gasteiger partial charge in [-0.3, -0.25) is 4.79 Å². The Morgan fingerprint density at radius 2 is 1.79 bits per heavy atom. The molecule has 0 aliphatic heterocycles. The van der Waals surface area contributed by atoms with E-state index >= 15 is 0 Å². The van der Waals surface area contributed by atoms with E-state index in [-0.39, 0.29) is 12.4 Å². The molecule has 1 aliphatic carbocycles. The van der Waals surface area contributed by atoms with Crippen molar-refractivity contribution < 1.29 is 19.0 Å². The summed E-state index contributed by atoms with van der Waals surface area (Å²) in [4.78, 5) is 12.6. The minimum atomic E-state index is -0.0499. The maximum atomic E-state index is 12.6. The van der Waals surface area contributed by atoms with Gasteiger partial charge in [0.1, 0.15) is 0 Å². The number of hydrogen-bond acceptors (Lipinski definition) is 4. The molecule has 0 unspecified atom stereocenters. The third kappa shape index (κ3) is 2.98. The Morgan fingerprint density at radius 3 is 2.33 bits per heavy atom. The molecule has 0 amide bonds. The van der Waals surface area contributed by atoms with E-state index in [1.165, 1.54) is 12.8 Å². The fourth-order valence-electron chi connectivity index (χ4n) is 3.13. The van der Waals surface area contributed by atoms with Crippen LogP contribution in [0, 0.1) is 13.8 Å². The van der Waals surface area contributed by atoms with Gasteiger partial charge in [-0.25, -0.2) is 0 Å². The molecule has 1 aromatic heterocycles. The first-order chi connectivity index (χ1) is 11.6. The number of ketones is 1. The maximum Gasteiger partial charge on any atom is 0.203 e. The molecule has 1 aliphatic rings. The molecule has 1 heterocycles. The lowest BCUT2D eigenvalue weighted by atomic mass is 10.1. The smallest absolute Gasteiger partial charge is 0.203 e. The van der Waals surface area contributed by atoms with E-state index in [0.29, 0.717) is 23.3 Å². The first-order valence-corrected chi connectivity index (χ1v) is 8.12. The minimum absolute atomic E-state index is 0.0389. The highest BCUT2D eigenvalue weighted by atomic mass is 16.5. The summed E-state index contributed by atoms with van der Waals surface area (Å²) >= 11 is 0. The fraction of sp³-hybridized carbons (Fsp3) is 0.421. The monoisotopic (exact) mass is 329 g/mol. The Labute approximate surface area is 142 Å². The molecule has 0 saturated heterocycles. The molecule has 5 nitrogen and oxygen atoms in total. The molecule has 1 saturated carbocycles. The van der Waals surface area contributed by atoms with E-state index in [4.69, 9.17) is 14.2 Å². The number of rotatable bonds is 7. The van der Waals surface area contributed by atoms with Crippen LogP contribution in [0.4, 0.5) is 0 Å². The predicted molar refractivity (Wildman–Crippen MR) is 91.5 cm³/mol. The summed E-state index contributed by atoms with van der Waals surface area (Å²) in [5.74, 6) is 1.51. The normalized spacial score (nSPS) is 13.7. The summed E-state index contributed by atoms with van der Waals surface area (Å²) in [7, 11) is 3.12. The molecule has 128 valence electrons. The third-order valence-corrected chi connectivity index (χ3v) is 4.43. The van der Waals surface area contributed by atoms with E-state index in [9.17, 15) is 4.79 Å². The zero-order valence-electron chi connectivity index (χ0n) is 14.6. The number of carbonyl (C=O) groups is 1. The summed E-state index contributed by atoms with van der Waals surface area (Å²) < 4.78 is 18.6. The van der Waals surface area contributed by atoms with Gasteiger partial charge in [0, 0.05) is 23.0 Å². The van der Waals surface area contributed by atoms with E-state index in [1.54, 1.807) is 26.4 Å². The highest BCUT2D eigenvalue weighted by Crippen LogP contribution is 2.39. The number of para-hydroxylation sites is 1. The third-order valence-electron chi connectivity index (χ3n) is 4.43. The second-order valence-electron chi connectivity index (χ2n) is 6.09. The lowest BCUT2D eigenvalue weighted by Crippen LogP contribution is -2.13. The number of ether oxygens (including phenoxy) is 3. The molecule has 1 aromatic carbocycles. The van der Waals surface area contributed by atoms with Gasteiger partial charge < -0.3 is 18.8 Å². The lowest BCUT2D eigenvalue weighted by molar-refractivity contribution is 0.0916. The first-order valence-electron chi connectivity index (χ1n) is 8.12. The summed E-state index contributed by atoms with van der Waals surface area (Å²) in [5, 5.41) is 0. The quantitative estimate of drug-likeness (QED) is 0.727. The maximum absolute atomic E-state index is 12.6. The number of carbonyl (C=O) groups excluding carboxylic acids is 1. The van der Waals surface area contributed by atoms with Crippen molar-refractivity contribution in [2.24, 2.45) is 0 Å². The molecule has 0 N–H and O–H groups in total. The molecule has 0 atom stereocenters. The van der Waals surface area contributed by atoms with Crippen molar-refractivity contribution in [2.45, 2.75) is 32.7 Å². The van der Waals surface area contributed by atoms with Crippen LogP contribution in [0.15, 0.2) is 24.3 Å². The van der Waals surface area contributed by atoms with E-state index in [2.05, 4.69) is 4.57 Å². The van der Waals surface area contributed by atoms with Crippen LogP contribution in [0.2, 0.25) is 0 Å². The highest BCUT2D eigenvalue weighted by Gasteiger charge is 2.28. The van der Waals surface area contributed by atoms with Crippen molar-refractivity contribution in [3.05, 3.63) is 41.2 Å².